The minimum atomic E-state index is -0.440. The predicted molar refractivity (Wildman–Crippen MR) is 131 cm³/mol. The predicted octanol–water partition coefficient (Wildman–Crippen LogP) is 4.66. The summed E-state index contributed by atoms with van der Waals surface area (Å²) in [5.74, 6) is 1.55. The summed E-state index contributed by atoms with van der Waals surface area (Å²) in [7, 11) is 1.56. The molecule has 7 nitrogen and oxygen atoms in total. The first-order valence-corrected chi connectivity index (χ1v) is 11.2. The van der Waals surface area contributed by atoms with Crippen LogP contribution in [0.15, 0.2) is 77.3 Å². The van der Waals surface area contributed by atoms with Gasteiger partial charge in [0.1, 0.15) is 24.8 Å². The highest BCUT2D eigenvalue weighted by Crippen LogP contribution is 2.35. The number of carbonyl (C=O) groups is 1. The van der Waals surface area contributed by atoms with Gasteiger partial charge in [-0.25, -0.2) is 0 Å². The fourth-order valence-electron chi connectivity index (χ4n) is 3.41. The molecule has 2 aliphatic heterocycles. The van der Waals surface area contributed by atoms with Crippen LogP contribution >= 0.6 is 11.8 Å². The van der Waals surface area contributed by atoms with Gasteiger partial charge in [-0.05, 0) is 47.7 Å². The van der Waals surface area contributed by atoms with E-state index in [9.17, 15) is 4.79 Å². The van der Waals surface area contributed by atoms with Gasteiger partial charge in [-0.15, -0.1) is 6.58 Å². The molecule has 0 radical (unpaired) electrons. The summed E-state index contributed by atoms with van der Waals surface area (Å²) in [4.78, 5) is 18.2. The van der Waals surface area contributed by atoms with Gasteiger partial charge in [-0.2, -0.15) is 4.99 Å². The van der Waals surface area contributed by atoms with Gasteiger partial charge in [0.05, 0.1) is 12.7 Å². The maximum Gasteiger partial charge on any atom is 0.283 e. The summed E-state index contributed by atoms with van der Waals surface area (Å²) >= 11 is 1.32. The van der Waals surface area contributed by atoms with Crippen LogP contribution in [0.3, 0.4) is 0 Å². The van der Waals surface area contributed by atoms with Crippen LogP contribution in [-0.2, 0) is 11.2 Å². The van der Waals surface area contributed by atoms with Gasteiger partial charge in [-0.1, -0.05) is 36.0 Å². The standard InChI is InChI=1S/C25H23N3O4S/c1-3-7-18-14-17(15-20-23(26)28-10-13-33-25(28)27-24(20)29)16-21(30-2)22(18)32-12-11-31-19-8-5-4-6-9-19/h3-6,8-10,13-16,26H,1,7,11-12H2,2H3/b20-15-,26-23?. The molecule has 8 heteroatoms. The van der Waals surface area contributed by atoms with Crippen molar-refractivity contribution < 1.29 is 19.0 Å². The largest absolute Gasteiger partial charge is 0.493 e. The van der Waals surface area contributed by atoms with Crippen molar-refractivity contribution in [2.75, 3.05) is 20.3 Å². The van der Waals surface area contributed by atoms with Gasteiger partial charge < -0.3 is 14.2 Å². The number of amides is 1. The van der Waals surface area contributed by atoms with E-state index in [4.69, 9.17) is 19.6 Å². The Balaban J connectivity index is 1.56. The first-order chi connectivity index (χ1) is 16.1. The van der Waals surface area contributed by atoms with Crippen LogP contribution in [0, 0.1) is 5.41 Å². The van der Waals surface area contributed by atoms with Crippen molar-refractivity contribution in [3.05, 3.63) is 83.4 Å². The molecule has 0 aromatic heterocycles. The smallest absolute Gasteiger partial charge is 0.283 e. The molecule has 33 heavy (non-hydrogen) atoms. The Kier molecular flexibility index (Phi) is 6.95. The number of hydrogen-bond donors (Lipinski definition) is 1. The van der Waals surface area contributed by atoms with Gasteiger partial charge in [0.15, 0.2) is 16.7 Å². The summed E-state index contributed by atoms with van der Waals surface area (Å²) in [5, 5.41) is 10.7. The molecule has 0 unspecified atom stereocenters. The lowest BCUT2D eigenvalue weighted by Crippen LogP contribution is -2.35. The number of fused-ring (bicyclic) bond motifs is 1. The molecule has 1 amide bonds. The van der Waals surface area contributed by atoms with Crippen LogP contribution in [0.2, 0.25) is 0 Å². The highest BCUT2D eigenvalue weighted by molar-refractivity contribution is 8.16. The topological polar surface area (TPSA) is 84.2 Å². The van der Waals surface area contributed by atoms with Crippen LogP contribution in [0.1, 0.15) is 11.1 Å². The molecule has 2 heterocycles. The number of thioether (sulfide) groups is 1. The summed E-state index contributed by atoms with van der Waals surface area (Å²) in [6, 6.07) is 13.2. The van der Waals surface area contributed by atoms with Crippen molar-refractivity contribution in [1.29, 1.82) is 5.41 Å². The Hall–Kier alpha value is -3.78. The number of carbonyl (C=O) groups excluding carboxylic acids is 1. The fourth-order valence-corrected chi connectivity index (χ4v) is 4.11. The summed E-state index contributed by atoms with van der Waals surface area (Å²) < 4.78 is 17.3. The number of benzene rings is 2. The zero-order chi connectivity index (χ0) is 23.2. The van der Waals surface area contributed by atoms with Crippen LogP contribution < -0.4 is 14.2 Å². The SMILES string of the molecule is C=CCc1cc(/C=C2/C(=N)N3C=CSC3=NC2=O)cc(OC)c1OCCOc1ccccc1. The zero-order valence-electron chi connectivity index (χ0n) is 18.1. The van der Waals surface area contributed by atoms with Gasteiger partial charge in [-0.3, -0.25) is 15.1 Å². The van der Waals surface area contributed by atoms with E-state index in [1.165, 1.54) is 11.8 Å². The molecule has 0 aliphatic carbocycles. The molecule has 2 aromatic carbocycles. The van der Waals surface area contributed by atoms with E-state index in [1.54, 1.807) is 41.8 Å². The summed E-state index contributed by atoms with van der Waals surface area (Å²) in [5.41, 5.74) is 1.77. The quantitative estimate of drug-likeness (QED) is 0.332. The Morgan fingerprint density at radius 1 is 1.18 bits per heavy atom. The molecule has 2 aromatic rings. The van der Waals surface area contributed by atoms with E-state index in [1.807, 2.05) is 36.4 Å². The Morgan fingerprint density at radius 2 is 1.97 bits per heavy atom. The van der Waals surface area contributed by atoms with Crippen molar-refractivity contribution in [3.8, 4) is 17.2 Å². The normalized spacial score (nSPS) is 16.0. The van der Waals surface area contributed by atoms with Gasteiger partial charge in [0.25, 0.3) is 5.91 Å². The molecule has 0 atom stereocenters. The molecule has 0 saturated heterocycles. The molecular weight excluding hydrogens is 438 g/mol. The summed E-state index contributed by atoms with van der Waals surface area (Å²) in [6.07, 6.45) is 5.70. The van der Waals surface area contributed by atoms with Gasteiger partial charge >= 0.3 is 0 Å². The lowest BCUT2D eigenvalue weighted by atomic mass is 10.0. The molecule has 0 spiro atoms. The maximum absolute atomic E-state index is 12.5. The van der Waals surface area contributed by atoms with E-state index in [-0.39, 0.29) is 11.4 Å². The van der Waals surface area contributed by atoms with Crippen molar-refractivity contribution in [3.63, 3.8) is 0 Å². The number of hydrogen-bond acceptors (Lipinski definition) is 6. The van der Waals surface area contributed by atoms with Gasteiger partial charge in [0, 0.05) is 11.8 Å². The number of para-hydroxylation sites is 1. The van der Waals surface area contributed by atoms with Crippen LogP contribution in [0.5, 0.6) is 17.2 Å². The van der Waals surface area contributed by atoms with E-state index in [2.05, 4.69) is 11.6 Å². The summed E-state index contributed by atoms with van der Waals surface area (Å²) in [6.45, 7) is 4.54. The van der Waals surface area contributed by atoms with Crippen molar-refractivity contribution in [2.45, 2.75) is 6.42 Å². The van der Waals surface area contributed by atoms with Crippen molar-refractivity contribution in [2.24, 2.45) is 4.99 Å². The van der Waals surface area contributed by atoms with Crippen LogP contribution in [-0.4, -0.2) is 42.1 Å². The minimum absolute atomic E-state index is 0.0916. The van der Waals surface area contributed by atoms with E-state index in [0.29, 0.717) is 41.9 Å². The lowest BCUT2D eigenvalue weighted by molar-refractivity contribution is -0.114. The monoisotopic (exact) mass is 461 g/mol. The second-order valence-corrected chi connectivity index (χ2v) is 7.97. The van der Waals surface area contributed by atoms with E-state index < -0.39 is 5.91 Å². The molecule has 0 bridgehead atoms. The molecule has 0 fully saturated rings. The van der Waals surface area contributed by atoms with Crippen LogP contribution in [0.4, 0.5) is 0 Å². The van der Waals surface area contributed by atoms with Crippen molar-refractivity contribution >= 4 is 34.7 Å². The first-order valence-electron chi connectivity index (χ1n) is 10.3. The molecular formula is C25H23N3O4S. The second kappa shape index (κ2) is 10.2. The molecule has 1 N–H and O–H groups in total. The number of amidine groups is 2. The minimum Gasteiger partial charge on any atom is -0.493 e. The Morgan fingerprint density at radius 3 is 2.73 bits per heavy atom. The van der Waals surface area contributed by atoms with Gasteiger partial charge in [0.2, 0.25) is 0 Å². The number of rotatable bonds is 9. The highest BCUT2D eigenvalue weighted by atomic mass is 32.2. The van der Waals surface area contributed by atoms with Crippen molar-refractivity contribution in [1.82, 2.24) is 4.90 Å². The second-order valence-electron chi connectivity index (χ2n) is 7.09. The average Bonchev–Trinajstić information content (AvgIpc) is 3.29. The number of ether oxygens (including phenoxy) is 3. The Bertz CT molecular complexity index is 1170. The third kappa shape index (κ3) is 5.01. The third-order valence-corrected chi connectivity index (χ3v) is 5.66. The molecule has 0 saturated carbocycles. The number of aliphatic imine (C=N–C) groups is 1. The van der Waals surface area contributed by atoms with Crippen LogP contribution in [0.25, 0.3) is 6.08 Å². The first kappa shape index (κ1) is 22.4. The lowest BCUT2D eigenvalue weighted by Gasteiger charge is -2.22. The molecule has 4 rings (SSSR count). The highest BCUT2D eigenvalue weighted by Gasteiger charge is 2.31. The van der Waals surface area contributed by atoms with E-state index in [0.717, 1.165) is 11.3 Å². The van der Waals surface area contributed by atoms with E-state index >= 15 is 0 Å². The number of allylic oxidation sites excluding steroid dienone is 1. The fraction of sp³-hybridized carbons (Fsp3) is 0.160. The molecule has 168 valence electrons. The zero-order valence-corrected chi connectivity index (χ0v) is 18.9. The maximum atomic E-state index is 12.5. The number of nitrogens with zero attached hydrogens (tertiary/aromatic N) is 2. The third-order valence-electron chi connectivity index (χ3n) is 4.90. The molecule has 2 aliphatic rings. The number of methoxy groups -OCH3 is 1. The Labute approximate surface area is 196 Å². The average molecular weight is 462 g/mol. The number of nitrogens with one attached hydrogen (secondary N) is 1.